The van der Waals surface area contributed by atoms with E-state index in [2.05, 4.69) is 25.4 Å². The Labute approximate surface area is 242 Å². The number of azo groups is 2. The molecule has 10 nitrogen and oxygen atoms in total. The number of aromatic hydroxyl groups is 2. The fraction of sp³-hybridized carbons (Fsp3) is 0.103. The van der Waals surface area contributed by atoms with E-state index in [-0.39, 0.29) is 23.2 Å². The summed E-state index contributed by atoms with van der Waals surface area (Å²) in [5.41, 5.74) is 3.15. The number of hydrogen-bond acceptors (Lipinski definition) is 11. The second kappa shape index (κ2) is 11.4. The molecule has 5 aromatic rings. The van der Waals surface area contributed by atoms with Crippen molar-refractivity contribution in [1.29, 1.82) is 0 Å². The van der Waals surface area contributed by atoms with E-state index >= 15 is 0 Å². The lowest BCUT2D eigenvalue weighted by molar-refractivity contribution is -0.115. The second-order valence-corrected chi connectivity index (χ2v) is 11.0. The van der Waals surface area contributed by atoms with E-state index < -0.39 is 5.37 Å². The van der Waals surface area contributed by atoms with Crippen LogP contribution >= 0.6 is 23.1 Å². The first kappa shape index (κ1) is 26.4. The van der Waals surface area contributed by atoms with Crippen molar-refractivity contribution in [3.8, 4) is 17.2 Å². The quantitative estimate of drug-likeness (QED) is 0.185. The van der Waals surface area contributed by atoms with Gasteiger partial charge in [-0.3, -0.25) is 9.69 Å². The molecule has 1 amide bonds. The number of hydrogen-bond donors (Lipinski definition) is 2. The minimum atomic E-state index is -0.600. The average Bonchev–Trinajstić information content (AvgIpc) is 3.59. The molecule has 41 heavy (non-hydrogen) atoms. The fourth-order valence-electron chi connectivity index (χ4n) is 4.27. The van der Waals surface area contributed by atoms with Crippen LogP contribution in [-0.4, -0.2) is 34.0 Å². The molecular formula is C29H22N6O4S2. The lowest BCUT2D eigenvalue weighted by Crippen LogP contribution is -2.27. The third kappa shape index (κ3) is 5.60. The number of methoxy groups -OCH3 is 1. The van der Waals surface area contributed by atoms with Crippen LogP contribution in [0.25, 0.3) is 10.2 Å². The zero-order chi connectivity index (χ0) is 28.3. The van der Waals surface area contributed by atoms with Crippen molar-refractivity contribution >= 4 is 67.1 Å². The maximum absolute atomic E-state index is 13.2. The van der Waals surface area contributed by atoms with Gasteiger partial charge in [-0.05, 0) is 66.7 Å². The number of rotatable bonds is 7. The van der Waals surface area contributed by atoms with Crippen molar-refractivity contribution in [1.82, 2.24) is 4.98 Å². The van der Waals surface area contributed by atoms with E-state index in [0.29, 0.717) is 39.2 Å². The molecule has 0 radical (unpaired) electrons. The first-order chi connectivity index (χ1) is 20.0. The summed E-state index contributed by atoms with van der Waals surface area (Å²) in [6.07, 6.45) is 0. The summed E-state index contributed by atoms with van der Waals surface area (Å²) < 4.78 is 6.19. The number of nitrogens with zero attached hydrogens (tertiary/aromatic N) is 6. The van der Waals surface area contributed by atoms with Gasteiger partial charge in [0, 0.05) is 11.6 Å². The number of carbonyl (C=O) groups excluding carboxylic acids is 1. The highest BCUT2D eigenvalue weighted by Crippen LogP contribution is 2.49. The summed E-state index contributed by atoms with van der Waals surface area (Å²) in [7, 11) is 1.58. The predicted molar refractivity (Wildman–Crippen MR) is 160 cm³/mol. The van der Waals surface area contributed by atoms with Gasteiger partial charge in [-0.1, -0.05) is 23.5 Å². The number of thioether (sulfide) groups is 1. The van der Waals surface area contributed by atoms with Gasteiger partial charge in [0.1, 0.15) is 28.3 Å². The first-order valence-corrected chi connectivity index (χ1v) is 14.3. The van der Waals surface area contributed by atoms with Gasteiger partial charge >= 0.3 is 0 Å². The van der Waals surface area contributed by atoms with Gasteiger partial charge in [-0.25, -0.2) is 4.98 Å². The monoisotopic (exact) mass is 582 g/mol. The van der Waals surface area contributed by atoms with Crippen LogP contribution in [-0.2, 0) is 4.79 Å². The van der Waals surface area contributed by atoms with Crippen LogP contribution in [0.15, 0.2) is 105 Å². The molecule has 1 unspecified atom stereocenters. The number of aromatic nitrogens is 1. The minimum Gasteiger partial charge on any atom is -0.508 e. The Morgan fingerprint density at radius 1 is 0.902 bits per heavy atom. The van der Waals surface area contributed by atoms with Gasteiger partial charge in [-0.15, -0.1) is 27.1 Å². The van der Waals surface area contributed by atoms with E-state index in [0.717, 1.165) is 10.2 Å². The lowest BCUT2D eigenvalue weighted by atomic mass is 10.1. The molecule has 0 spiro atoms. The molecule has 1 aliphatic heterocycles. The maximum atomic E-state index is 13.2. The predicted octanol–water partition coefficient (Wildman–Crippen LogP) is 8.33. The SMILES string of the molecule is COc1ccc(N=Nc2ccc(O)cc2N2C(=O)CSC2c2cc(N=Nc3nc4ccccc4s3)ccc2O)cc1. The molecular weight excluding hydrogens is 560 g/mol. The van der Waals surface area contributed by atoms with Gasteiger partial charge < -0.3 is 14.9 Å². The number of benzene rings is 4. The third-order valence-electron chi connectivity index (χ3n) is 6.24. The number of phenols is 2. The van der Waals surface area contributed by atoms with Crippen molar-refractivity contribution in [3.63, 3.8) is 0 Å². The zero-order valence-corrected chi connectivity index (χ0v) is 23.2. The third-order valence-corrected chi connectivity index (χ3v) is 8.36. The number of fused-ring (bicyclic) bond motifs is 1. The van der Waals surface area contributed by atoms with E-state index in [1.807, 2.05) is 24.3 Å². The highest BCUT2D eigenvalue weighted by molar-refractivity contribution is 8.00. The second-order valence-electron chi connectivity index (χ2n) is 8.91. The number of anilines is 1. The standard InChI is InChI=1S/C29H22N6O4S2/c1-39-20-10-6-17(7-11-20)31-33-22-12-9-19(36)15-24(22)35-27(38)16-40-28(35)21-14-18(8-13-25(21)37)32-34-29-30-23-4-2-3-5-26(23)41-29/h2-15,28,36-37H,16H2,1H3. The fourth-order valence-corrected chi connectivity index (χ4v) is 6.24. The molecule has 6 rings (SSSR count). The largest absolute Gasteiger partial charge is 0.508 e. The molecule has 1 fully saturated rings. The van der Waals surface area contributed by atoms with E-state index in [9.17, 15) is 15.0 Å². The Morgan fingerprint density at radius 2 is 1.68 bits per heavy atom. The normalized spacial score (nSPS) is 15.5. The van der Waals surface area contributed by atoms with Crippen LogP contribution in [0.2, 0.25) is 0 Å². The topological polar surface area (TPSA) is 132 Å². The molecule has 1 aliphatic rings. The van der Waals surface area contributed by atoms with Gasteiger partial charge in [0.25, 0.3) is 0 Å². The molecule has 1 aromatic heterocycles. The summed E-state index contributed by atoms with van der Waals surface area (Å²) in [6, 6.07) is 24.2. The summed E-state index contributed by atoms with van der Waals surface area (Å²) in [4.78, 5) is 19.2. The number of para-hydroxylation sites is 1. The van der Waals surface area contributed by atoms with Gasteiger partial charge in [0.2, 0.25) is 11.0 Å². The Balaban J connectivity index is 1.32. The van der Waals surface area contributed by atoms with Gasteiger partial charge in [-0.2, -0.15) is 5.11 Å². The first-order valence-electron chi connectivity index (χ1n) is 12.4. The molecule has 0 saturated carbocycles. The highest BCUT2D eigenvalue weighted by atomic mass is 32.2. The highest BCUT2D eigenvalue weighted by Gasteiger charge is 2.37. The molecule has 4 aromatic carbocycles. The van der Waals surface area contributed by atoms with Crippen LogP contribution < -0.4 is 9.64 Å². The van der Waals surface area contributed by atoms with Crippen molar-refractivity contribution in [2.24, 2.45) is 20.5 Å². The average molecular weight is 583 g/mol. The van der Waals surface area contributed by atoms with Crippen LogP contribution in [0.3, 0.4) is 0 Å². The summed E-state index contributed by atoms with van der Waals surface area (Å²) in [5.74, 6) is 0.634. The zero-order valence-electron chi connectivity index (χ0n) is 21.6. The Hall–Kier alpha value is -4.81. The number of carbonyl (C=O) groups is 1. The molecule has 12 heteroatoms. The van der Waals surface area contributed by atoms with Crippen molar-refractivity contribution < 1.29 is 19.7 Å². The Kier molecular flexibility index (Phi) is 7.32. The van der Waals surface area contributed by atoms with E-state index in [1.54, 1.807) is 49.6 Å². The number of phenolic OH excluding ortho intramolecular Hbond substituents is 2. The van der Waals surface area contributed by atoms with Crippen LogP contribution in [0.1, 0.15) is 10.9 Å². The van der Waals surface area contributed by atoms with E-state index in [4.69, 9.17) is 4.74 Å². The molecule has 1 saturated heterocycles. The summed E-state index contributed by atoms with van der Waals surface area (Å²) in [6.45, 7) is 0. The molecule has 204 valence electrons. The number of amides is 1. The summed E-state index contributed by atoms with van der Waals surface area (Å²) >= 11 is 2.77. The molecule has 1 atom stereocenters. The van der Waals surface area contributed by atoms with E-state index in [1.165, 1.54) is 46.2 Å². The number of thiazole rings is 1. The van der Waals surface area contributed by atoms with Crippen molar-refractivity contribution in [2.75, 3.05) is 17.8 Å². The van der Waals surface area contributed by atoms with Crippen LogP contribution in [0.4, 0.5) is 27.9 Å². The Bertz CT molecular complexity index is 1770. The Morgan fingerprint density at radius 3 is 2.49 bits per heavy atom. The van der Waals surface area contributed by atoms with Crippen molar-refractivity contribution in [2.45, 2.75) is 5.37 Å². The van der Waals surface area contributed by atoms with Gasteiger partial charge in [0.15, 0.2) is 0 Å². The lowest BCUT2D eigenvalue weighted by Gasteiger charge is -2.26. The molecule has 2 N–H and O–H groups in total. The molecule has 0 aliphatic carbocycles. The molecule has 2 heterocycles. The maximum Gasteiger partial charge on any atom is 0.238 e. The smallest absolute Gasteiger partial charge is 0.238 e. The van der Waals surface area contributed by atoms with Gasteiger partial charge in [0.05, 0.1) is 40.1 Å². The number of ether oxygens (including phenoxy) is 1. The van der Waals surface area contributed by atoms with Crippen LogP contribution in [0.5, 0.6) is 17.2 Å². The molecule has 0 bridgehead atoms. The summed E-state index contributed by atoms with van der Waals surface area (Å²) in [5, 5.41) is 38.3. The van der Waals surface area contributed by atoms with Crippen LogP contribution in [0, 0.1) is 0 Å². The van der Waals surface area contributed by atoms with Crippen molar-refractivity contribution in [3.05, 3.63) is 90.5 Å². The minimum absolute atomic E-state index is 0.00250.